The van der Waals surface area contributed by atoms with Crippen molar-refractivity contribution in [3.8, 4) is 0 Å². The highest BCUT2D eigenvalue weighted by Gasteiger charge is 2.32. The van der Waals surface area contributed by atoms with Crippen LogP contribution >= 0.6 is 11.6 Å². The first-order chi connectivity index (χ1) is 9.42. The molecule has 1 aromatic rings. The van der Waals surface area contributed by atoms with Crippen LogP contribution in [0.3, 0.4) is 0 Å². The van der Waals surface area contributed by atoms with E-state index in [1.807, 2.05) is 0 Å². The summed E-state index contributed by atoms with van der Waals surface area (Å²) in [6.45, 7) is 0. The Kier molecular flexibility index (Phi) is 5.45. The maximum atomic E-state index is 11.6. The summed E-state index contributed by atoms with van der Waals surface area (Å²) in [5, 5.41) is 11.0. The number of carbonyl (C=O) groups excluding carboxylic acids is 2. The molecule has 7 nitrogen and oxygen atoms in total. The normalized spacial score (nSPS) is 10.2. The number of nitrogens with zero attached hydrogens (tertiary/aromatic N) is 1. The van der Waals surface area contributed by atoms with Crippen LogP contribution in [0.4, 0.5) is 5.69 Å². The lowest BCUT2D eigenvalue weighted by atomic mass is 9.98. The molecule has 0 amide bonds. The van der Waals surface area contributed by atoms with Crippen LogP contribution in [0, 0.1) is 16.0 Å². The second-order valence-electron chi connectivity index (χ2n) is 3.80. The molecule has 108 valence electrons. The molecule has 0 N–H and O–H groups in total. The lowest BCUT2D eigenvalue weighted by Gasteiger charge is -2.13. The van der Waals surface area contributed by atoms with Crippen molar-refractivity contribution in [2.75, 3.05) is 14.2 Å². The van der Waals surface area contributed by atoms with Gasteiger partial charge in [0.15, 0.2) is 5.92 Å². The van der Waals surface area contributed by atoms with E-state index in [4.69, 9.17) is 11.6 Å². The Morgan fingerprint density at radius 3 is 2.30 bits per heavy atom. The fraction of sp³-hybridized carbons (Fsp3) is 0.333. The summed E-state index contributed by atoms with van der Waals surface area (Å²) < 4.78 is 8.99. The van der Waals surface area contributed by atoms with E-state index in [9.17, 15) is 19.7 Å². The summed E-state index contributed by atoms with van der Waals surface area (Å²) in [6.07, 6.45) is -0.269. The molecule has 0 saturated heterocycles. The van der Waals surface area contributed by atoms with Crippen molar-refractivity contribution >= 4 is 29.2 Å². The molecule has 0 saturated carbocycles. The van der Waals surface area contributed by atoms with Gasteiger partial charge in [0.25, 0.3) is 5.69 Å². The Hall–Kier alpha value is -2.15. The van der Waals surface area contributed by atoms with Crippen molar-refractivity contribution in [3.63, 3.8) is 0 Å². The monoisotopic (exact) mass is 301 g/mol. The van der Waals surface area contributed by atoms with Gasteiger partial charge in [-0.3, -0.25) is 19.7 Å². The van der Waals surface area contributed by atoms with E-state index < -0.39 is 22.8 Å². The second-order valence-corrected chi connectivity index (χ2v) is 4.20. The van der Waals surface area contributed by atoms with Crippen molar-refractivity contribution < 1.29 is 24.0 Å². The highest BCUT2D eigenvalue weighted by atomic mass is 35.5. The maximum Gasteiger partial charge on any atom is 0.320 e. The van der Waals surface area contributed by atoms with Gasteiger partial charge in [-0.05, 0) is 6.07 Å². The average molecular weight is 302 g/mol. The topological polar surface area (TPSA) is 95.7 Å². The van der Waals surface area contributed by atoms with E-state index in [1.165, 1.54) is 18.2 Å². The molecule has 0 aromatic heterocycles. The summed E-state index contributed by atoms with van der Waals surface area (Å²) in [5.74, 6) is -2.99. The molecule has 0 spiro atoms. The molecule has 0 aliphatic carbocycles. The Morgan fingerprint density at radius 2 is 1.85 bits per heavy atom. The summed E-state index contributed by atoms with van der Waals surface area (Å²) in [5.41, 5.74) is -0.185. The summed E-state index contributed by atoms with van der Waals surface area (Å²) in [6, 6.07) is 4.09. The zero-order valence-corrected chi connectivity index (χ0v) is 11.5. The van der Waals surface area contributed by atoms with Crippen LogP contribution in [-0.4, -0.2) is 31.1 Å². The molecule has 0 atom stereocenters. The molecule has 0 heterocycles. The van der Waals surface area contributed by atoms with Gasteiger partial charge in [0.05, 0.1) is 24.2 Å². The molecule has 0 bridgehead atoms. The average Bonchev–Trinajstić information content (AvgIpc) is 2.44. The van der Waals surface area contributed by atoms with Gasteiger partial charge in [0, 0.05) is 18.1 Å². The van der Waals surface area contributed by atoms with E-state index >= 15 is 0 Å². The minimum atomic E-state index is -1.30. The first-order valence-electron chi connectivity index (χ1n) is 5.49. The number of methoxy groups -OCH3 is 2. The fourth-order valence-electron chi connectivity index (χ4n) is 1.67. The van der Waals surface area contributed by atoms with Crippen LogP contribution in [0.2, 0.25) is 5.02 Å². The van der Waals surface area contributed by atoms with Crippen LogP contribution in [0.1, 0.15) is 5.56 Å². The van der Waals surface area contributed by atoms with Crippen molar-refractivity contribution in [1.29, 1.82) is 0 Å². The standard InChI is InChI=1S/C12H12ClNO6/c1-19-11(15)8(12(16)20-2)6-7-9(13)4-3-5-10(7)14(17)18/h3-5,8H,6H2,1-2H3. The number of nitro groups is 1. The molecule has 0 radical (unpaired) electrons. The maximum absolute atomic E-state index is 11.6. The predicted molar refractivity (Wildman–Crippen MR) is 69.3 cm³/mol. The molecule has 0 aliphatic heterocycles. The van der Waals surface area contributed by atoms with Gasteiger partial charge in [-0.25, -0.2) is 0 Å². The highest BCUT2D eigenvalue weighted by Crippen LogP contribution is 2.29. The van der Waals surface area contributed by atoms with Gasteiger partial charge in [0.2, 0.25) is 0 Å². The van der Waals surface area contributed by atoms with Crippen LogP contribution < -0.4 is 0 Å². The second kappa shape index (κ2) is 6.85. The van der Waals surface area contributed by atoms with Crippen molar-refractivity contribution in [1.82, 2.24) is 0 Å². The third kappa shape index (κ3) is 3.45. The molecule has 8 heteroatoms. The van der Waals surface area contributed by atoms with Crippen LogP contribution in [0.15, 0.2) is 18.2 Å². The molecular formula is C12H12ClNO6. The number of carbonyl (C=O) groups is 2. The highest BCUT2D eigenvalue weighted by molar-refractivity contribution is 6.31. The lowest BCUT2D eigenvalue weighted by Crippen LogP contribution is -2.28. The lowest BCUT2D eigenvalue weighted by molar-refractivity contribution is -0.385. The van der Waals surface area contributed by atoms with Crippen LogP contribution in [-0.2, 0) is 25.5 Å². The number of halogens is 1. The first-order valence-corrected chi connectivity index (χ1v) is 5.87. The summed E-state index contributed by atoms with van der Waals surface area (Å²) in [7, 11) is 2.22. The molecular weight excluding hydrogens is 290 g/mol. The van der Waals surface area contributed by atoms with Gasteiger partial charge < -0.3 is 9.47 Å². The Morgan fingerprint density at radius 1 is 1.30 bits per heavy atom. The molecule has 1 rings (SSSR count). The van der Waals surface area contributed by atoms with Crippen LogP contribution in [0.5, 0.6) is 0 Å². The number of ether oxygens (including phenoxy) is 2. The fourth-order valence-corrected chi connectivity index (χ4v) is 1.92. The number of esters is 2. The Labute approximate surface area is 119 Å². The van der Waals surface area contributed by atoms with Crippen molar-refractivity contribution in [2.24, 2.45) is 5.92 Å². The van der Waals surface area contributed by atoms with Crippen molar-refractivity contribution in [3.05, 3.63) is 38.9 Å². The van der Waals surface area contributed by atoms with E-state index in [-0.39, 0.29) is 22.7 Å². The zero-order chi connectivity index (χ0) is 15.3. The Bertz CT molecular complexity index is 529. The summed E-state index contributed by atoms with van der Waals surface area (Å²) in [4.78, 5) is 33.5. The number of rotatable bonds is 5. The molecule has 1 aromatic carbocycles. The van der Waals surface area contributed by atoms with E-state index in [0.717, 1.165) is 14.2 Å². The third-order valence-corrected chi connectivity index (χ3v) is 3.02. The first kappa shape index (κ1) is 15.9. The molecule has 0 aliphatic rings. The quantitative estimate of drug-likeness (QED) is 0.356. The SMILES string of the molecule is COC(=O)C(Cc1c(Cl)cccc1[N+](=O)[O-])C(=O)OC. The van der Waals surface area contributed by atoms with Crippen LogP contribution in [0.25, 0.3) is 0 Å². The van der Waals surface area contributed by atoms with E-state index in [0.29, 0.717) is 0 Å². The number of benzene rings is 1. The predicted octanol–water partition coefficient (Wildman–Crippen LogP) is 1.75. The van der Waals surface area contributed by atoms with E-state index in [1.54, 1.807) is 0 Å². The van der Waals surface area contributed by atoms with Gasteiger partial charge in [-0.1, -0.05) is 17.7 Å². The van der Waals surface area contributed by atoms with Gasteiger partial charge in [-0.2, -0.15) is 0 Å². The zero-order valence-electron chi connectivity index (χ0n) is 10.8. The number of hydrogen-bond acceptors (Lipinski definition) is 6. The molecule has 0 unspecified atom stereocenters. The third-order valence-electron chi connectivity index (χ3n) is 2.67. The number of hydrogen-bond donors (Lipinski definition) is 0. The Balaban J connectivity index is 3.20. The molecule has 20 heavy (non-hydrogen) atoms. The minimum absolute atomic E-state index is 0.0833. The number of nitro benzene ring substituents is 1. The van der Waals surface area contributed by atoms with Gasteiger partial charge >= 0.3 is 11.9 Å². The largest absolute Gasteiger partial charge is 0.468 e. The van der Waals surface area contributed by atoms with Crippen molar-refractivity contribution in [2.45, 2.75) is 6.42 Å². The smallest absolute Gasteiger partial charge is 0.320 e. The van der Waals surface area contributed by atoms with E-state index in [2.05, 4.69) is 9.47 Å². The summed E-state index contributed by atoms with van der Waals surface area (Å²) >= 11 is 5.90. The molecule has 0 fully saturated rings. The van der Waals surface area contributed by atoms with Gasteiger partial charge in [-0.15, -0.1) is 0 Å². The van der Waals surface area contributed by atoms with Gasteiger partial charge in [0.1, 0.15) is 0 Å². The minimum Gasteiger partial charge on any atom is -0.468 e.